The number of anilines is 1. The van der Waals surface area contributed by atoms with Gasteiger partial charge in [-0.15, -0.1) is 13.2 Å². The zero-order valence-corrected chi connectivity index (χ0v) is 10.4. The number of nitrogen functional groups attached to an aromatic ring is 1. The standard InChI is InChI=1S/C13H18N4O/c1-3-7-17(8-4-2)13(18)12-10(14)11(15-16-12)9-5-6-9/h3-4,9H,1-2,5-8,14H2,(H,15,16). The van der Waals surface area contributed by atoms with Crippen LogP contribution in [0.1, 0.15) is 34.9 Å². The predicted octanol–water partition coefficient (Wildman–Crippen LogP) is 1.68. The molecule has 1 amide bonds. The van der Waals surface area contributed by atoms with Crippen LogP contribution in [0.2, 0.25) is 0 Å². The first-order valence-electron chi connectivity index (χ1n) is 6.03. The Morgan fingerprint density at radius 2 is 2.06 bits per heavy atom. The fraction of sp³-hybridized carbons (Fsp3) is 0.385. The zero-order valence-electron chi connectivity index (χ0n) is 10.4. The lowest BCUT2D eigenvalue weighted by molar-refractivity contribution is 0.0786. The Morgan fingerprint density at radius 1 is 1.44 bits per heavy atom. The lowest BCUT2D eigenvalue weighted by atomic mass is 10.2. The highest BCUT2D eigenvalue weighted by Crippen LogP contribution is 2.42. The van der Waals surface area contributed by atoms with E-state index in [1.165, 1.54) is 0 Å². The summed E-state index contributed by atoms with van der Waals surface area (Å²) in [6.45, 7) is 8.18. The van der Waals surface area contributed by atoms with Gasteiger partial charge in [0.25, 0.3) is 5.91 Å². The van der Waals surface area contributed by atoms with Crippen LogP contribution in [0, 0.1) is 0 Å². The van der Waals surface area contributed by atoms with E-state index >= 15 is 0 Å². The minimum absolute atomic E-state index is 0.185. The molecule has 1 fully saturated rings. The smallest absolute Gasteiger partial charge is 0.277 e. The van der Waals surface area contributed by atoms with E-state index in [-0.39, 0.29) is 5.91 Å². The fourth-order valence-corrected chi connectivity index (χ4v) is 1.91. The van der Waals surface area contributed by atoms with Gasteiger partial charge in [0.1, 0.15) is 0 Å². The Hall–Kier alpha value is -2.04. The summed E-state index contributed by atoms with van der Waals surface area (Å²) in [5.41, 5.74) is 7.67. The van der Waals surface area contributed by atoms with E-state index in [1.807, 2.05) is 0 Å². The van der Waals surface area contributed by atoms with Gasteiger partial charge < -0.3 is 10.6 Å². The molecule has 0 unspecified atom stereocenters. The van der Waals surface area contributed by atoms with Gasteiger partial charge in [-0.05, 0) is 12.8 Å². The number of hydrogen-bond acceptors (Lipinski definition) is 3. The fourth-order valence-electron chi connectivity index (χ4n) is 1.91. The largest absolute Gasteiger partial charge is 0.395 e. The van der Waals surface area contributed by atoms with Gasteiger partial charge in [-0.3, -0.25) is 9.89 Å². The number of aromatic amines is 1. The van der Waals surface area contributed by atoms with E-state index in [0.29, 0.717) is 30.4 Å². The van der Waals surface area contributed by atoms with Crippen molar-refractivity contribution in [2.75, 3.05) is 18.8 Å². The van der Waals surface area contributed by atoms with Crippen LogP contribution >= 0.6 is 0 Å². The maximum Gasteiger partial charge on any atom is 0.277 e. The zero-order chi connectivity index (χ0) is 13.1. The molecular weight excluding hydrogens is 228 g/mol. The quantitative estimate of drug-likeness (QED) is 0.750. The second-order valence-electron chi connectivity index (χ2n) is 4.46. The molecule has 1 aliphatic rings. The third-order valence-corrected chi connectivity index (χ3v) is 3.01. The molecule has 1 heterocycles. The highest BCUT2D eigenvalue weighted by atomic mass is 16.2. The summed E-state index contributed by atoms with van der Waals surface area (Å²) in [5, 5.41) is 6.93. The molecule has 5 heteroatoms. The SMILES string of the molecule is C=CCN(CC=C)C(=O)c1n[nH]c(C2CC2)c1N. The van der Waals surface area contributed by atoms with Crippen LogP contribution in [0.4, 0.5) is 5.69 Å². The highest BCUT2D eigenvalue weighted by Gasteiger charge is 2.31. The molecule has 0 spiro atoms. The van der Waals surface area contributed by atoms with Crippen LogP contribution < -0.4 is 5.73 Å². The van der Waals surface area contributed by atoms with Crippen LogP contribution in [0.3, 0.4) is 0 Å². The first-order valence-corrected chi connectivity index (χ1v) is 6.03. The Kier molecular flexibility index (Phi) is 3.50. The molecule has 0 aliphatic heterocycles. The van der Waals surface area contributed by atoms with Crippen molar-refractivity contribution in [3.05, 3.63) is 36.7 Å². The van der Waals surface area contributed by atoms with Crippen LogP contribution in [-0.2, 0) is 0 Å². The summed E-state index contributed by atoms with van der Waals surface area (Å²) in [6, 6.07) is 0. The van der Waals surface area contributed by atoms with Gasteiger partial charge in [0.15, 0.2) is 5.69 Å². The number of H-pyrrole nitrogens is 1. The number of nitrogens with one attached hydrogen (secondary N) is 1. The molecule has 2 rings (SSSR count). The highest BCUT2D eigenvalue weighted by molar-refractivity contribution is 5.98. The number of amides is 1. The van der Waals surface area contributed by atoms with Gasteiger partial charge >= 0.3 is 0 Å². The Labute approximate surface area is 106 Å². The first kappa shape index (κ1) is 12.4. The van der Waals surface area contributed by atoms with Crippen LogP contribution in [-0.4, -0.2) is 34.1 Å². The Balaban J connectivity index is 2.20. The molecule has 96 valence electrons. The third-order valence-electron chi connectivity index (χ3n) is 3.01. The number of hydrogen-bond donors (Lipinski definition) is 2. The maximum absolute atomic E-state index is 12.3. The van der Waals surface area contributed by atoms with Gasteiger partial charge in [-0.1, -0.05) is 12.2 Å². The van der Waals surface area contributed by atoms with Crippen molar-refractivity contribution in [3.63, 3.8) is 0 Å². The monoisotopic (exact) mass is 246 g/mol. The van der Waals surface area contributed by atoms with Crippen molar-refractivity contribution in [3.8, 4) is 0 Å². The summed E-state index contributed by atoms with van der Waals surface area (Å²) >= 11 is 0. The third kappa shape index (κ3) is 2.30. The number of carbonyl (C=O) groups excluding carboxylic acids is 1. The van der Waals surface area contributed by atoms with Crippen molar-refractivity contribution in [1.29, 1.82) is 0 Å². The average molecular weight is 246 g/mol. The van der Waals surface area contributed by atoms with Gasteiger partial charge in [-0.25, -0.2) is 0 Å². The Bertz CT molecular complexity index is 463. The van der Waals surface area contributed by atoms with Gasteiger partial charge in [0, 0.05) is 19.0 Å². The van der Waals surface area contributed by atoms with Gasteiger partial charge in [0.05, 0.1) is 11.4 Å². The lowest BCUT2D eigenvalue weighted by Gasteiger charge is -2.18. The average Bonchev–Trinajstić information content (AvgIpc) is 3.12. The second-order valence-corrected chi connectivity index (χ2v) is 4.46. The minimum atomic E-state index is -0.185. The lowest BCUT2D eigenvalue weighted by Crippen LogP contribution is -2.32. The number of nitrogens with two attached hydrogens (primary N) is 1. The summed E-state index contributed by atoms with van der Waals surface area (Å²) < 4.78 is 0. The van der Waals surface area contributed by atoms with E-state index in [9.17, 15) is 4.79 Å². The van der Waals surface area contributed by atoms with Gasteiger partial charge in [-0.2, -0.15) is 5.10 Å². The van der Waals surface area contributed by atoms with Gasteiger partial charge in [0.2, 0.25) is 0 Å². The molecule has 0 atom stereocenters. The van der Waals surface area contributed by atoms with Crippen molar-refractivity contribution < 1.29 is 4.79 Å². The number of aromatic nitrogens is 2. The minimum Gasteiger partial charge on any atom is -0.395 e. The summed E-state index contributed by atoms with van der Waals surface area (Å²) in [6.07, 6.45) is 5.57. The number of rotatable bonds is 6. The molecule has 18 heavy (non-hydrogen) atoms. The first-order chi connectivity index (χ1) is 8.69. The normalized spacial score (nSPS) is 14.2. The van der Waals surface area contributed by atoms with Crippen molar-refractivity contribution in [2.45, 2.75) is 18.8 Å². The van der Waals surface area contributed by atoms with Crippen LogP contribution in [0.25, 0.3) is 0 Å². The van der Waals surface area contributed by atoms with E-state index in [1.54, 1.807) is 17.1 Å². The maximum atomic E-state index is 12.3. The molecular formula is C13H18N4O. The van der Waals surface area contributed by atoms with Crippen LogP contribution in [0.5, 0.6) is 0 Å². The number of carbonyl (C=O) groups is 1. The van der Waals surface area contributed by atoms with Crippen LogP contribution in [0.15, 0.2) is 25.3 Å². The van der Waals surface area contributed by atoms with E-state index in [4.69, 9.17) is 5.73 Å². The molecule has 0 bridgehead atoms. The molecule has 1 aliphatic carbocycles. The van der Waals surface area contributed by atoms with E-state index in [0.717, 1.165) is 18.5 Å². The summed E-state index contributed by atoms with van der Waals surface area (Å²) in [4.78, 5) is 13.9. The van der Waals surface area contributed by atoms with Crippen molar-refractivity contribution in [1.82, 2.24) is 15.1 Å². The molecule has 0 radical (unpaired) electrons. The van der Waals surface area contributed by atoms with E-state index in [2.05, 4.69) is 23.4 Å². The molecule has 0 aromatic carbocycles. The second kappa shape index (κ2) is 5.08. The van der Waals surface area contributed by atoms with E-state index < -0.39 is 0 Å². The molecule has 0 saturated heterocycles. The topological polar surface area (TPSA) is 75.0 Å². The molecule has 5 nitrogen and oxygen atoms in total. The molecule has 1 aromatic heterocycles. The van der Waals surface area contributed by atoms with Crippen molar-refractivity contribution >= 4 is 11.6 Å². The summed E-state index contributed by atoms with van der Waals surface area (Å²) in [7, 11) is 0. The predicted molar refractivity (Wildman–Crippen MR) is 71.3 cm³/mol. The molecule has 3 N–H and O–H groups in total. The van der Waals surface area contributed by atoms with Crippen molar-refractivity contribution in [2.24, 2.45) is 0 Å². The summed E-state index contributed by atoms with van der Waals surface area (Å²) in [5.74, 6) is 0.266. The number of nitrogens with zero attached hydrogens (tertiary/aromatic N) is 2. The molecule has 1 saturated carbocycles. The molecule has 1 aromatic rings. The Morgan fingerprint density at radius 3 is 2.56 bits per heavy atom.